The van der Waals surface area contributed by atoms with Crippen LogP contribution >= 0.6 is 0 Å². The SMILES string of the molecule is CCCCN(CCc1cc([NH])ccc1F)C(=O)Nc1ccc(OC)cn1. The summed E-state index contributed by atoms with van der Waals surface area (Å²) in [6.07, 6.45) is 3.68. The molecule has 0 atom stereocenters. The Balaban J connectivity index is 2.02. The fourth-order valence-electron chi connectivity index (χ4n) is 2.45. The van der Waals surface area contributed by atoms with Crippen LogP contribution in [-0.2, 0) is 6.42 Å². The lowest BCUT2D eigenvalue weighted by Gasteiger charge is -2.23. The molecule has 0 unspecified atom stereocenters. The number of ether oxygens (including phenoxy) is 1. The Labute approximate surface area is 153 Å². The van der Waals surface area contributed by atoms with E-state index in [0.717, 1.165) is 12.8 Å². The van der Waals surface area contributed by atoms with Gasteiger partial charge < -0.3 is 15.4 Å². The molecule has 0 aliphatic heterocycles. The molecule has 1 aromatic carbocycles. The van der Waals surface area contributed by atoms with Crippen LogP contribution < -0.4 is 15.8 Å². The Morgan fingerprint density at radius 3 is 2.77 bits per heavy atom. The van der Waals surface area contributed by atoms with Crippen LogP contribution in [0.1, 0.15) is 25.3 Å². The number of pyridine rings is 1. The number of carbonyl (C=O) groups excluding carboxylic acids is 1. The molecule has 0 fully saturated rings. The number of methoxy groups -OCH3 is 1. The van der Waals surface area contributed by atoms with Crippen molar-refractivity contribution in [2.24, 2.45) is 0 Å². The van der Waals surface area contributed by atoms with Crippen molar-refractivity contribution in [3.8, 4) is 5.75 Å². The molecule has 2 amide bonds. The third-order valence-electron chi connectivity index (χ3n) is 3.97. The van der Waals surface area contributed by atoms with Gasteiger partial charge in [0.1, 0.15) is 17.4 Å². The molecule has 1 aromatic heterocycles. The molecule has 1 heterocycles. The lowest BCUT2D eigenvalue weighted by molar-refractivity contribution is 0.211. The zero-order valence-electron chi connectivity index (χ0n) is 15.1. The van der Waals surface area contributed by atoms with Gasteiger partial charge in [0.25, 0.3) is 0 Å². The second kappa shape index (κ2) is 9.60. The van der Waals surface area contributed by atoms with Crippen LogP contribution in [0, 0.1) is 5.82 Å². The number of amides is 2. The van der Waals surface area contributed by atoms with E-state index in [4.69, 9.17) is 10.5 Å². The zero-order valence-corrected chi connectivity index (χ0v) is 15.1. The quantitative estimate of drug-likeness (QED) is 0.773. The predicted octanol–water partition coefficient (Wildman–Crippen LogP) is 4.02. The van der Waals surface area contributed by atoms with Gasteiger partial charge in [0, 0.05) is 13.1 Å². The maximum atomic E-state index is 13.9. The van der Waals surface area contributed by atoms with Gasteiger partial charge >= 0.3 is 6.03 Å². The molecule has 0 spiro atoms. The van der Waals surface area contributed by atoms with Gasteiger partial charge in [-0.3, -0.25) is 5.32 Å². The Bertz CT molecular complexity index is 722. The van der Waals surface area contributed by atoms with Gasteiger partial charge in [0.15, 0.2) is 0 Å². The second-order valence-electron chi connectivity index (χ2n) is 5.91. The number of carbonyl (C=O) groups is 1. The first-order chi connectivity index (χ1) is 12.5. The van der Waals surface area contributed by atoms with Crippen LogP contribution in [0.5, 0.6) is 5.75 Å². The Kier molecular flexibility index (Phi) is 7.20. The molecule has 139 valence electrons. The van der Waals surface area contributed by atoms with Crippen LogP contribution in [0.25, 0.3) is 0 Å². The van der Waals surface area contributed by atoms with Crippen molar-refractivity contribution in [2.45, 2.75) is 26.2 Å². The van der Waals surface area contributed by atoms with E-state index >= 15 is 0 Å². The molecule has 1 radical (unpaired) electrons. The fourth-order valence-corrected chi connectivity index (χ4v) is 2.45. The van der Waals surface area contributed by atoms with Gasteiger partial charge in [-0.15, -0.1) is 0 Å². The molecular formula is C19H24FN4O2. The molecule has 2 aromatic rings. The smallest absolute Gasteiger partial charge is 0.323 e. The first kappa shape index (κ1) is 19.5. The summed E-state index contributed by atoms with van der Waals surface area (Å²) >= 11 is 0. The largest absolute Gasteiger partial charge is 0.495 e. The maximum Gasteiger partial charge on any atom is 0.323 e. The standard InChI is InChI=1S/C19H24FN4O2/c1-3-4-10-24(11-9-14-12-15(21)5-7-17(14)20)19(25)23-18-8-6-16(26-2)13-22-18/h5-8,12-13,21H,3-4,9-11H2,1-2H3,(H,22,23,25). The predicted molar refractivity (Wildman–Crippen MR) is 99.1 cm³/mol. The molecule has 2 rings (SSSR count). The van der Waals surface area contributed by atoms with Crippen molar-refractivity contribution in [1.29, 1.82) is 0 Å². The summed E-state index contributed by atoms with van der Waals surface area (Å²) in [6.45, 7) is 2.98. The topological polar surface area (TPSA) is 78.3 Å². The van der Waals surface area contributed by atoms with Crippen molar-refractivity contribution >= 4 is 17.5 Å². The van der Waals surface area contributed by atoms with E-state index in [-0.39, 0.29) is 17.5 Å². The third kappa shape index (κ3) is 5.61. The first-order valence-electron chi connectivity index (χ1n) is 8.59. The van der Waals surface area contributed by atoms with E-state index in [1.807, 2.05) is 6.92 Å². The number of halogens is 1. The van der Waals surface area contributed by atoms with Gasteiger partial charge in [0.2, 0.25) is 0 Å². The minimum atomic E-state index is -0.353. The van der Waals surface area contributed by atoms with Crippen molar-refractivity contribution in [3.05, 3.63) is 47.9 Å². The zero-order chi connectivity index (χ0) is 18.9. The monoisotopic (exact) mass is 359 g/mol. The number of rotatable bonds is 8. The fraction of sp³-hybridized carbons (Fsp3) is 0.368. The Morgan fingerprint density at radius 1 is 1.31 bits per heavy atom. The highest BCUT2D eigenvalue weighted by Gasteiger charge is 2.15. The van der Waals surface area contributed by atoms with Gasteiger partial charge in [-0.2, -0.15) is 0 Å². The van der Waals surface area contributed by atoms with Gasteiger partial charge in [-0.1, -0.05) is 13.3 Å². The molecule has 26 heavy (non-hydrogen) atoms. The lowest BCUT2D eigenvalue weighted by Crippen LogP contribution is -2.37. The summed E-state index contributed by atoms with van der Waals surface area (Å²) in [6, 6.07) is 7.30. The first-order valence-corrected chi connectivity index (χ1v) is 8.59. The number of hydrogen-bond donors (Lipinski definition) is 1. The molecule has 0 saturated carbocycles. The van der Waals surface area contributed by atoms with E-state index in [1.165, 1.54) is 24.4 Å². The molecule has 0 aliphatic carbocycles. The summed E-state index contributed by atoms with van der Waals surface area (Å²) in [5.41, 5.74) is 8.31. The highest BCUT2D eigenvalue weighted by molar-refractivity contribution is 5.88. The van der Waals surface area contributed by atoms with Crippen molar-refractivity contribution in [2.75, 3.05) is 25.5 Å². The van der Waals surface area contributed by atoms with Gasteiger partial charge in [0.05, 0.1) is 19.0 Å². The number of aromatic nitrogens is 1. The number of hydrogen-bond acceptors (Lipinski definition) is 3. The molecule has 0 saturated heterocycles. The number of anilines is 1. The van der Waals surface area contributed by atoms with Gasteiger partial charge in [-0.05, 0) is 48.7 Å². The molecular weight excluding hydrogens is 335 g/mol. The van der Waals surface area contributed by atoms with Crippen LogP contribution in [0.15, 0.2) is 36.5 Å². The third-order valence-corrected chi connectivity index (χ3v) is 3.97. The normalized spacial score (nSPS) is 10.4. The highest BCUT2D eigenvalue weighted by Crippen LogP contribution is 2.15. The number of benzene rings is 1. The number of unbranched alkanes of at least 4 members (excludes halogenated alkanes) is 1. The van der Waals surface area contributed by atoms with E-state index in [2.05, 4.69) is 10.3 Å². The number of nitrogens with zero attached hydrogens (tertiary/aromatic N) is 2. The van der Waals surface area contributed by atoms with Crippen molar-refractivity contribution in [1.82, 2.24) is 15.6 Å². The minimum absolute atomic E-state index is 0.258. The highest BCUT2D eigenvalue weighted by atomic mass is 19.1. The van der Waals surface area contributed by atoms with Crippen LogP contribution in [0.4, 0.5) is 20.7 Å². The van der Waals surface area contributed by atoms with Gasteiger partial charge in [-0.25, -0.2) is 14.2 Å². The molecule has 0 aliphatic rings. The second-order valence-corrected chi connectivity index (χ2v) is 5.91. The summed E-state index contributed by atoms with van der Waals surface area (Å²) in [5, 5.41) is 2.75. The minimum Gasteiger partial charge on any atom is -0.495 e. The molecule has 0 bridgehead atoms. The van der Waals surface area contributed by atoms with E-state index in [0.29, 0.717) is 36.6 Å². The Morgan fingerprint density at radius 2 is 2.12 bits per heavy atom. The summed E-state index contributed by atoms with van der Waals surface area (Å²) in [7, 11) is 1.55. The maximum absolute atomic E-state index is 13.9. The van der Waals surface area contributed by atoms with Crippen LogP contribution in [-0.4, -0.2) is 36.1 Å². The van der Waals surface area contributed by atoms with E-state index in [1.54, 1.807) is 24.1 Å². The summed E-state index contributed by atoms with van der Waals surface area (Å²) in [5.74, 6) is 0.682. The summed E-state index contributed by atoms with van der Waals surface area (Å²) < 4.78 is 18.9. The van der Waals surface area contributed by atoms with Crippen molar-refractivity contribution < 1.29 is 13.9 Å². The summed E-state index contributed by atoms with van der Waals surface area (Å²) in [4.78, 5) is 18.3. The van der Waals surface area contributed by atoms with Crippen LogP contribution in [0.3, 0.4) is 0 Å². The average Bonchev–Trinajstić information content (AvgIpc) is 2.65. The van der Waals surface area contributed by atoms with E-state index in [9.17, 15) is 9.18 Å². The number of urea groups is 1. The molecule has 6 nitrogen and oxygen atoms in total. The average molecular weight is 359 g/mol. The number of nitrogens with one attached hydrogen (secondary N) is 2. The van der Waals surface area contributed by atoms with Crippen LogP contribution in [0.2, 0.25) is 0 Å². The molecule has 7 heteroatoms. The lowest BCUT2D eigenvalue weighted by atomic mass is 10.1. The van der Waals surface area contributed by atoms with E-state index < -0.39 is 0 Å². The molecule has 2 N–H and O–H groups in total. The Hall–Kier alpha value is -2.83. The van der Waals surface area contributed by atoms with Crippen molar-refractivity contribution in [3.63, 3.8) is 0 Å².